The van der Waals surface area contributed by atoms with Gasteiger partial charge in [0.1, 0.15) is 5.54 Å². The molecule has 0 bridgehead atoms. The van der Waals surface area contributed by atoms with Gasteiger partial charge in [-0.05, 0) is 42.7 Å². The summed E-state index contributed by atoms with van der Waals surface area (Å²) in [5.41, 5.74) is -0.201. The Morgan fingerprint density at radius 2 is 1.76 bits per heavy atom. The molecule has 4 atom stereocenters. The van der Waals surface area contributed by atoms with E-state index >= 15 is 0 Å². The van der Waals surface area contributed by atoms with Gasteiger partial charge < -0.3 is 14.2 Å². The number of fused-ring (bicyclic) bond motifs is 1. The Labute approximate surface area is 169 Å². The first-order chi connectivity index (χ1) is 13.8. The van der Waals surface area contributed by atoms with Crippen LogP contribution in [0.5, 0.6) is 0 Å². The predicted molar refractivity (Wildman–Crippen MR) is 106 cm³/mol. The molecule has 1 heterocycles. The number of ether oxygens (including phenoxy) is 3. The number of carbonyl (C=O) groups is 3. The molecule has 1 fully saturated rings. The number of esters is 3. The van der Waals surface area contributed by atoms with Crippen molar-refractivity contribution >= 4 is 28.7 Å². The van der Waals surface area contributed by atoms with Crippen molar-refractivity contribution in [3.05, 3.63) is 48.0 Å². The summed E-state index contributed by atoms with van der Waals surface area (Å²) in [6, 6.07) is 13.3. The fourth-order valence-corrected chi connectivity index (χ4v) is 3.84. The molecule has 0 saturated carbocycles. The summed E-state index contributed by atoms with van der Waals surface area (Å²) in [6.07, 6.45) is -0.848. The van der Waals surface area contributed by atoms with Crippen LogP contribution in [0.4, 0.5) is 0 Å². The highest BCUT2D eigenvalue weighted by Crippen LogP contribution is 2.40. The zero-order chi connectivity index (χ0) is 21.2. The van der Waals surface area contributed by atoms with Gasteiger partial charge in [-0.2, -0.15) is 0 Å². The zero-order valence-electron chi connectivity index (χ0n) is 16.9. The highest BCUT2D eigenvalue weighted by Gasteiger charge is 2.51. The third-order valence-corrected chi connectivity index (χ3v) is 5.40. The number of carbonyl (C=O) groups excluding carboxylic acids is 3. The Morgan fingerprint density at radius 3 is 2.41 bits per heavy atom. The average molecular weight is 399 g/mol. The quantitative estimate of drug-likeness (QED) is 0.610. The van der Waals surface area contributed by atoms with Gasteiger partial charge in [0.15, 0.2) is 6.10 Å². The molecule has 7 nitrogen and oxygen atoms in total. The Balaban J connectivity index is 1.94. The van der Waals surface area contributed by atoms with Crippen molar-refractivity contribution in [3.63, 3.8) is 0 Å². The van der Waals surface area contributed by atoms with E-state index in [4.69, 9.17) is 9.47 Å². The second kappa shape index (κ2) is 8.21. The fourth-order valence-electron chi connectivity index (χ4n) is 3.84. The lowest BCUT2D eigenvalue weighted by atomic mass is 9.89. The molecule has 0 unspecified atom stereocenters. The molecule has 0 aliphatic carbocycles. The summed E-state index contributed by atoms with van der Waals surface area (Å²) in [4.78, 5) is 36.9. The number of benzene rings is 2. The van der Waals surface area contributed by atoms with E-state index in [1.807, 2.05) is 42.5 Å². The van der Waals surface area contributed by atoms with Crippen LogP contribution >= 0.6 is 0 Å². The van der Waals surface area contributed by atoms with Gasteiger partial charge in [-0.3, -0.25) is 14.9 Å². The zero-order valence-corrected chi connectivity index (χ0v) is 16.9. The number of nitrogens with one attached hydrogen (secondary N) is 1. The predicted octanol–water partition coefficient (Wildman–Crippen LogP) is 2.53. The van der Waals surface area contributed by atoms with E-state index in [0.29, 0.717) is 0 Å². The molecular formula is C22H25NO6. The van der Waals surface area contributed by atoms with Crippen molar-refractivity contribution in [2.45, 2.75) is 38.0 Å². The monoisotopic (exact) mass is 399 g/mol. The normalized spacial score (nSPS) is 24.7. The first kappa shape index (κ1) is 20.8. The van der Waals surface area contributed by atoms with Crippen molar-refractivity contribution in [2.24, 2.45) is 5.92 Å². The highest BCUT2D eigenvalue weighted by atomic mass is 16.6. The van der Waals surface area contributed by atoms with Crippen molar-refractivity contribution in [2.75, 3.05) is 14.2 Å². The molecule has 1 aliphatic rings. The average Bonchev–Trinajstić information content (AvgIpc) is 3.11. The molecule has 2 aromatic rings. The van der Waals surface area contributed by atoms with E-state index in [2.05, 4.69) is 10.1 Å². The minimum Gasteiger partial charge on any atom is -0.468 e. The van der Waals surface area contributed by atoms with E-state index < -0.39 is 41.5 Å². The van der Waals surface area contributed by atoms with Crippen molar-refractivity contribution in [1.82, 2.24) is 5.32 Å². The van der Waals surface area contributed by atoms with E-state index in [1.165, 1.54) is 21.1 Å². The number of methoxy groups -OCH3 is 2. The molecule has 0 amide bonds. The van der Waals surface area contributed by atoms with Gasteiger partial charge in [-0.1, -0.05) is 36.4 Å². The van der Waals surface area contributed by atoms with Crippen LogP contribution in [0, 0.1) is 5.92 Å². The molecule has 0 aromatic heterocycles. The Morgan fingerprint density at radius 1 is 1.07 bits per heavy atom. The molecule has 7 heteroatoms. The summed E-state index contributed by atoms with van der Waals surface area (Å²) in [6.45, 7) is 3.15. The van der Waals surface area contributed by atoms with Crippen LogP contribution < -0.4 is 5.32 Å². The van der Waals surface area contributed by atoms with Crippen LogP contribution in [-0.2, 0) is 28.6 Å². The third kappa shape index (κ3) is 4.10. The number of hydrogen-bond acceptors (Lipinski definition) is 7. The van der Waals surface area contributed by atoms with Crippen LogP contribution in [0.1, 0.15) is 31.9 Å². The van der Waals surface area contributed by atoms with Gasteiger partial charge >= 0.3 is 17.9 Å². The largest absolute Gasteiger partial charge is 0.468 e. The molecule has 2 aromatic carbocycles. The summed E-state index contributed by atoms with van der Waals surface area (Å²) < 4.78 is 14.9. The first-order valence-electron chi connectivity index (χ1n) is 9.42. The third-order valence-electron chi connectivity index (χ3n) is 5.40. The molecule has 3 rings (SSSR count). The van der Waals surface area contributed by atoms with Gasteiger partial charge in [0, 0.05) is 6.04 Å². The van der Waals surface area contributed by atoms with Crippen molar-refractivity contribution in [3.8, 4) is 0 Å². The summed E-state index contributed by atoms with van der Waals surface area (Å²) in [5, 5.41) is 5.35. The summed E-state index contributed by atoms with van der Waals surface area (Å²) in [5.74, 6) is -2.34. The first-order valence-corrected chi connectivity index (χ1v) is 9.42. The van der Waals surface area contributed by atoms with Gasteiger partial charge in [-0.25, -0.2) is 4.79 Å². The van der Waals surface area contributed by atoms with Gasteiger partial charge in [0.2, 0.25) is 0 Å². The Hall–Kier alpha value is -2.93. The molecule has 0 spiro atoms. The number of hydrogen-bond donors (Lipinski definition) is 1. The SMILES string of the molecule is COC(=O)[C@H](C)OC(=O)[C@@H]1C[C@](C)(C(=O)OC)N[C@@H]1c1ccc2ccccc2c1. The maximum Gasteiger partial charge on any atom is 0.346 e. The summed E-state index contributed by atoms with van der Waals surface area (Å²) in [7, 11) is 2.54. The number of rotatable bonds is 5. The minimum atomic E-state index is -1.05. The van der Waals surface area contributed by atoms with E-state index in [1.54, 1.807) is 6.92 Å². The lowest BCUT2D eigenvalue weighted by Gasteiger charge is -2.23. The fraction of sp³-hybridized carbons (Fsp3) is 0.409. The molecule has 0 radical (unpaired) electrons. The van der Waals surface area contributed by atoms with E-state index in [9.17, 15) is 14.4 Å². The van der Waals surface area contributed by atoms with Crippen LogP contribution in [0.3, 0.4) is 0 Å². The van der Waals surface area contributed by atoms with Crippen LogP contribution in [0.15, 0.2) is 42.5 Å². The molecule has 154 valence electrons. The van der Waals surface area contributed by atoms with Crippen molar-refractivity contribution in [1.29, 1.82) is 0 Å². The van der Waals surface area contributed by atoms with Crippen LogP contribution in [0.25, 0.3) is 10.8 Å². The smallest absolute Gasteiger partial charge is 0.346 e. The maximum atomic E-state index is 12.9. The highest BCUT2D eigenvalue weighted by molar-refractivity contribution is 5.86. The van der Waals surface area contributed by atoms with Gasteiger partial charge in [-0.15, -0.1) is 0 Å². The lowest BCUT2D eigenvalue weighted by Crippen LogP contribution is -2.45. The minimum absolute atomic E-state index is 0.184. The molecule has 1 aliphatic heterocycles. The van der Waals surface area contributed by atoms with Crippen molar-refractivity contribution < 1.29 is 28.6 Å². The van der Waals surface area contributed by atoms with Gasteiger partial charge in [0.05, 0.1) is 20.1 Å². The topological polar surface area (TPSA) is 90.9 Å². The standard InChI is InChI=1S/C22H25NO6/c1-13(19(24)27-3)29-20(25)17-12-22(2,21(26)28-4)23-18(17)16-10-9-14-7-5-6-8-15(14)11-16/h5-11,13,17-18,23H,12H2,1-4H3/t13-,17+,18+,22+/m0/s1. The van der Waals surface area contributed by atoms with Gasteiger partial charge in [0.25, 0.3) is 0 Å². The van der Waals surface area contributed by atoms with Crippen LogP contribution in [0.2, 0.25) is 0 Å². The lowest BCUT2D eigenvalue weighted by molar-refractivity contribution is -0.167. The second-order valence-electron chi connectivity index (χ2n) is 7.47. The Kier molecular flexibility index (Phi) is 5.88. The Bertz CT molecular complexity index is 942. The second-order valence-corrected chi connectivity index (χ2v) is 7.47. The van der Waals surface area contributed by atoms with Crippen LogP contribution in [-0.4, -0.2) is 43.8 Å². The van der Waals surface area contributed by atoms with E-state index in [0.717, 1.165) is 16.3 Å². The van der Waals surface area contributed by atoms with E-state index in [-0.39, 0.29) is 6.42 Å². The maximum absolute atomic E-state index is 12.9. The molecule has 1 N–H and O–H groups in total. The summed E-state index contributed by atoms with van der Waals surface area (Å²) >= 11 is 0. The molecule has 29 heavy (non-hydrogen) atoms. The molecular weight excluding hydrogens is 374 g/mol. The molecule has 1 saturated heterocycles.